The van der Waals surface area contributed by atoms with Crippen LogP contribution in [0.1, 0.15) is 18.9 Å². The van der Waals surface area contributed by atoms with Gasteiger partial charge in [0.15, 0.2) is 0 Å². The Kier molecular flexibility index (Phi) is 4.48. The number of hydrogen-bond acceptors (Lipinski definition) is 4. The van der Waals surface area contributed by atoms with Crippen molar-refractivity contribution in [2.75, 3.05) is 19.6 Å². The van der Waals surface area contributed by atoms with E-state index in [2.05, 4.69) is 16.9 Å². The van der Waals surface area contributed by atoms with Gasteiger partial charge >= 0.3 is 0 Å². The summed E-state index contributed by atoms with van der Waals surface area (Å²) in [4.78, 5) is 4.49. The zero-order valence-corrected chi connectivity index (χ0v) is 14.0. The summed E-state index contributed by atoms with van der Waals surface area (Å²) in [6, 6.07) is 5.24. The number of nitrogens with one attached hydrogen (secondary N) is 1. The van der Waals surface area contributed by atoms with Gasteiger partial charge in [0.05, 0.1) is 4.90 Å². The summed E-state index contributed by atoms with van der Waals surface area (Å²) in [5, 5.41) is 4.78. The molecule has 6 heteroatoms. The van der Waals surface area contributed by atoms with Gasteiger partial charge in [0.1, 0.15) is 0 Å². The Hall–Kier alpha value is -1.76. The second-order valence-electron chi connectivity index (χ2n) is 5.81. The van der Waals surface area contributed by atoms with Gasteiger partial charge in [0.2, 0.25) is 10.0 Å². The summed E-state index contributed by atoms with van der Waals surface area (Å²) < 4.78 is 28.2. The van der Waals surface area contributed by atoms with Crippen LogP contribution >= 0.6 is 0 Å². The van der Waals surface area contributed by atoms with Crippen LogP contribution in [-0.2, 0) is 10.0 Å². The van der Waals surface area contributed by atoms with Gasteiger partial charge < -0.3 is 5.32 Å². The van der Waals surface area contributed by atoms with Crippen LogP contribution < -0.4 is 5.32 Å². The zero-order valence-electron chi connectivity index (χ0n) is 13.2. The molecule has 1 atom stereocenters. The minimum absolute atomic E-state index is 0.0771. The third-order valence-electron chi connectivity index (χ3n) is 4.24. The number of aromatic nitrogens is 1. The quantitative estimate of drug-likeness (QED) is 0.937. The molecular weight excluding hydrogens is 310 g/mol. The van der Waals surface area contributed by atoms with E-state index in [-0.39, 0.29) is 6.04 Å². The topological polar surface area (TPSA) is 62.3 Å². The number of nitrogens with zero attached hydrogens (tertiary/aromatic N) is 2. The number of hydrogen-bond donors (Lipinski definition) is 1. The van der Waals surface area contributed by atoms with Crippen LogP contribution in [0.3, 0.4) is 0 Å². The molecular formula is C17H21N3O2S. The first kappa shape index (κ1) is 16.1. The van der Waals surface area contributed by atoms with Crippen molar-refractivity contribution in [2.45, 2.75) is 24.3 Å². The van der Waals surface area contributed by atoms with Crippen molar-refractivity contribution in [2.24, 2.45) is 0 Å². The van der Waals surface area contributed by atoms with Gasteiger partial charge in [-0.3, -0.25) is 4.98 Å². The van der Waals surface area contributed by atoms with Gasteiger partial charge in [0, 0.05) is 47.9 Å². The van der Waals surface area contributed by atoms with E-state index in [0.29, 0.717) is 23.4 Å². The maximum Gasteiger partial charge on any atom is 0.243 e. The molecule has 2 aromatic rings. The molecule has 1 saturated heterocycles. The van der Waals surface area contributed by atoms with Crippen LogP contribution in [0.4, 0.5) is 0 Å². The Morgan fingerprint density at radius 1 is 1.39 bits per heavy atom. The fourth-order valence-corrected chi connectivity index (χ4v) is 4.99. The number of fused-ring (bicyclic) bond motifs is 1. The van der Waals surface area contributed by atoms with Crippen molar-refractivity contribution >= 4 is 26.9 Å². The van der Waals surface area contributed by atoms with Gasteiger partial charge in [-0.25, -0.2) is 8.42 Å². The Morgan fingerprint density at radius 3 is 3.00 bits per heavy atom. The van der Waals surface area contributed by atoms with E-state index >= 15 is 0 Å². The van der Waals surface area contributed by atoms with E-state index in [1.165, 1.54) is 0 Å². The molecule has 1 aliphatic heterocycles. The van der Waals surface area contributed by atoms with Crippen molar-refractivity contribution in [3.63, 3.8) is 0 Å². The van der Waals surface area contributed by atoms with Crippen LogP contribution in [0.2, 0.25) is 0 Å². The monoisotopic (exact) mass is 331 g/mol. The van der Waals surface area contributed by atoms with Gasteiger partial charge in [-0.2, -0.15) is 4.31 Å². The third kappa shape index (κ3) is 2.89. The molecule has 0 amide bonds. The zero-order chi connectivity index (χ0) is 16.4. The maximum absolute atomic E-state index is 13.3. The highest BCUT2D eigenvalue weighted by molar-refractivity contribution is 7.89. The van der Waals surface area contributed by atoms with Crippen molar-refractivity contribution in [1.29, 1.82) is 0 Å². The smallest absolute Gasteiger partial charge is 0.243 e. The fraction of sp³-hybridized carbons (Fsp3) is 0.353. The Morgan fingerprint density at radius 2 is 2.22 bits per heavy atom. The Bertz CT molecular complexity index is 828. The molecule has 1 N–H and O–H groups in total. The Balaban J connectivity index is 2.20. The van der Waals surface area contributed by atoms with Gasteiger partial charge in [-0.1, -0.05) is 24.8 Å². The molecule has 1 aromatic carbocycles. The first-order valence-corrected chi connectivity index (χ1v) is 9.21. The second kappa shape index (κ2) is 6.39. The van der Waals surface area contributed by atoms with Crippen LogP contribution in [0.25, 0.3) is 16.8 Å². The number of pyridine rings is 1. The van der Waals surface area contributed by atoms with E-state index in [9.17, 15) is 8.42 Å². The molecule has 0 bridgehead atoms. The molecule has 0 aliphatic carbocycles. The summed E-state index contributed by atoms with van der Waals surface area (Å²) in [5.41, 5.74) is 0.738. The molecule has 1 fully saturated rings. The summed E-state index contributed by atoms with van der Waals surface area (Å²) in [6.45, 7) is 7.77. The fourth-order valence-electron chi connectivity index (χ4n) is 3.07. The van der Waals surface area contributed by atoms with Crippen LogP contribution in [0.15, 0.2) is 42.1 Å². The third-order valence-corrected chi connectivity index (χ3v) is 6.30. The van der Waals surface area contributed by atoms with Crippen molar-refractivity contribution < 1.29 is 8.42 Å². The lowest BCUT2D eigenvalue weighted by molar-refractivity contribution is 0.354. The largest absolute Gasteiger partial charge is 0.315 e. The van der Waals surface area contributed by atoms with Crippen molar-refractivity contribution in [3.8, 4) is 0 Å². The summed E-state index contributed by atoms with van der Waals surface area (Å²) in [6.07, 6.45) is 5.81. The molecule has 0 spiro atoms. The van der Waals surface area contributed by atoms with E-state index < -0.39 is 10.0 Å². The van der Waals surface area contributed by atoms with Gasteiger partial charge in [-0.05, 0) is 26.0 Å². The lowest BCUT2D eigenvalue weighted by Gasteiger charge is -2.26. The molecule has 1 aromatic heterocycles. The van der Waals surface area contributed by atoms with Crippen LogP contribution in [0, 0.1) is 0 Å². The normalized spacial score (nSPS) is 20.3. The van der Waals surface area contributed by atoms with E-state index in [1.807, 2.05) is 13.0 Å². The van der Waals surface area contributed by atoms with Gasteiger partial charge in [0.25, 0.3) is 0 Å². The molecule has 1 aliphatic rings. The van der Waals surface area contributed by atoms with E-state index in [1.54, 1.807) is 34.9 Å². The minimum Gasteiger partial charge on any atom is -0.315 e. The highest BCUT2D eigenvalue weighted by Crippen LogP contribution is 2.30. The van der Waals surface area contributed by atoms with E-state index in [4.69, 9.17) is 0 Å². The van der Waals surface area contributed by atoms with Crippen molar-refractivity contribution in [1.82, 2.24) is 14.6 Å². The van der Waals surface area contributed by atoms with Crippen molar-refractivity contribution in [3.05, 3.63) is 42.7 Å². The first-order chi connectivity index (χ1) is 11.1. The molecule has 0 unspecified atom stereocenters. The highest BCUT2D eigenvalue weighted by atomic mass is 32.2. The molecule has 122 valence electrons. The average Bonchev–Trinajstić information content (AvgIpc) is 2.78. The maximum atomic E-state index is 13.3. The van der Waals surface area contributed by atoms with Crippen LogP contribution in [-0.4, -0.2) is 43.4 Å². The lowest BCUT2D eigenvalue weighted by Crippen LogP contribution is -2.41. The highest BCUT2D eigenvalue weighted by Gasteiger charge is 2.31. The number of sulfonamides is 1. The standard InChI is InChI=1S/C17H21N3O2S/c1-3-14-11-19-12-15-6-4-7-16(17(14)15)23(21,22)20-9-5-8-18-10-13(20)2/h3-4,6-7,11-13,18H,1,5,8-10H2,2H3/t13-/m0/s1. The number of rotatable bonds is 3. The molecule has 0 saturated carbocycles. The predicted octanol–water partition coefficient (Wildman–Crippen LogP) is 2.25. The first-order valence-electron chi connectivity index (χ1n) is 7.77. The molecule has 23 heavy (non-hydrogen) atoms. The summed E-state index contributed by atoms with van der Waals surface area (Å²) in [7, 11) is -3.58. The average molecular weight is 331 g/mol. The second-order valence-corrected chi connectivity index (χ2v) is 7.67. The SMILES string of the molecule is C=Cc1cncc2cccc(S(=O)(=O)N3CCCNC[C@@H]3C)c12. The van der Waals surface area contributed by atoms with Gasteiger partial charge in [-0.15, -0.1) is 0 Å². The van der Waals surface area contributed by atoms with E-state index in [0.717, 1.165) is 23.9 Å². The summed E-state index contributed by atoms with van der Waals surface area (Å²) in [5.74, 6) is 0. The molecule has 3 rings (SSSR count). The number of benzene rings is 1. The molecule has 2 heterocycles. The molecule has 0 radical (unpaired) electrons. The minimum atomic E-state index is -3.58. The Labute approximate surface area is 137 Å². The molecule has 5 nitrogen and oxygen atoms in total. The van der Waals surface area contributed by atoms with Crippen LogP contribution in [0.5, 0.6) is 0 Å². The lowest BCUT2D eigenvalue weighted by atomic mass is 10.1. The summed E-state index contributed by atoms with van der Waals surface area (Å²) >= 11 is 0. The predicted molar refractivity (Wildman–Crippen MR) is 92.7 cm³/mol.